The number of hydrogen-bond acceptors (Lipinski definition) is 2. The second-order valence-corrected chi connectivity index (χ2v) is 4.08. The summed E-state index contributed by atoms with van der Waals surface area (Å²) in [7, 11) is 0. The first kappa shape index (κ1) is 11.8. The SMILES string of the molecule is N[C@@H](c1ccccc1I)C(F)(F)CO. The van der Waals surface area contributed by atoms with Gasteiger partial charge in [-0.1, -0.05) is 18.2 Å². The predicted molar refractivity (Wildman–Crippen MR) is 58.1 cm³/mol. The van der Waals surface area contributed by atoms with Gasteiger partial charge >= 0.3 is 0 Å². The van der Waals surface area contributed by atoms with Gasteiger partial charge in [0.1, 0.15) is 6.61 Å². The molecule has 0 amide bonds. The standard InChI is InChI=1S/C9H10F2INO/c10-9(11,5-14)8(13)6-3-1-2-4-7(6)12/h1-4,8,14H,5,13H2/t8-/m0/s1. The van der Waals surface area contributed by atoms with Crippen LogP contribution in [0.25, 0.3) is 0 Å². The molecule has 1 aromatic rings. The minimum atomic E-state index is -3.28. The van der Waals surface area contributed by atoms with E-state index in [0.717, 1.165) is 0 Å². The summed E-state index contributed by atoms with van der Waals surface area (Å²) >= 11 is 1.94. The summed E-state index contributed by atoms with van der Waals surface area (Å²) in [6.07, 6.45) is 0. The number of alkyl halides is 2. The van der Waals surface area contributed by atoms with Crippen molar-refractivity contribution >= 4 is 22.6 Å². The Bertz CT molecular complexity index is 319. The maximum Gasteiger partial charge on any atom is 0.289 e. The van der Waals surface area contributed by atoms with Crippen molar-refractivity contribution in [3.05, 3.63) is 33.4 Å². The highest BCUT2D eigenvalue weighted by Crippen LogP contribution is 2.30. The molecule has 78 valence electrons. The van der Waals surface area contributed by atoms with Crippen LogP contribution >= 0.6 is 22.6 Å². The molecule has 0 saturated carbocycles. The molecule has 1 aromatic carbocycles. The number of aliphatic hydroxyl groups is 1. The van der Waals surface area contributed by atoms with E-state index >= 15 is 0 Å². The summed E-state index contributed by atoms with van der Waals surface area (Å²) < 4.78 is 26.7. The lowest BCUT2D eigenvalue weighted by atomic mass is 10.0. The lowest BCUT2D eigenvalue weighted by molar-refractivity contribution is -0.0713. The van der Waals surface area contributed by atoms with Crippen LogP contribution < -0.4 is 5.73 Å². The number of benzene rings is 1. The summed E-state index contributed by atoms with van der Waals surface area (Å²) in [4.78, 5) is 0. The van der Waals surface area contributed by atoms with Gasteiger partial charge in [-0.3, -0.25) is 0 Å². The Morgan fingerprint density at radius 1 is 1.43 bits per heavy atom. The van der Waals surface area contributed by atoms with Crippen molar-refractivity contribution in [1.29, 1.82) is 0 Å². The Labute approximate surface area is 94.3 Å². The molecule has 0 fully saturated rings. The third kappa shape index (κ3) is 2.40. The van der Waals surface area contributed by atoms with Crippen LogP contribution in [0.3, 0.4) is 0 Å². The number of halogens is 3. The normalized spacial score (nSPS) is 14.1. The second kappa shape index (κ2) is 4.50. The van der Waals surface area contributed by atoms with E-state index in [4.69, 9.17) is 10.8 Å². The zero-order valence-electron chi connectivity index (χ0n) is 7.25. The second-order valence-electron chi connectivity index (χ2n) is 2.92. The molecule has 0 heterocycles. The van der Waals surface area contributed by atoms with Crippen molar-refractivity contribution in [3.8, 4) is 0 Å². The van der Waals surface area contributed by atoms with Gasteiger partial charge in [0, 0.05) is 3.57 Å². The molecule has 0 aliphatic heterocycles. The molecule has 0 radical (unpaired) electrons. The molecule has 5 heteroatoms. The van der Waals surface area contributed by atoms with Crippen molar-refractivity contribution in [2.24, 2.45) is 5.73 Å². The molecule has 2 nitrogen and oxygen atoms in total. The lowest BCUT2D eigenvalue weighted by Gasteiger charge is -2.22. The highest BCUT2D eigenvalue weighted by atomic mass is 127. The number of nitrogens with two attached hydrogens (primary N) is 1. The van der Waals surface area contributed by atoms with Crippen molar-refractivity contribution in [1.82, 2.24) is 0 Å². The molecule has 0 aromatic heterocycles. The average Bonchev–Trinajstić information content (AvgIpc) is 2.17. The first-order valence-electron chi connectivity index (χ1n) is 3.97. The average molecular weight is 313 g/mol. The maximum absolute atomic E-state index is 13.0. The van der Waals surface area contributed by atoms with E-state index in [-0.39, 0.29) is 0 Å². The summed E-state index contributed by atoms with van der Waals surface area (Å²) in [6, 6.07) is 5.17. The van der Waals surface area contributed by atoms with Crippen LogP contribution in [0, 0.1) is 3.57 Å². The van der Waals surface area contributed by atoms with Crippen molar-refractivity contribution in [2.45, 2.75) is 12.0 Å². The minimum absolute atomic E-state index is 0.354. The first-order valence-corrected chi connectivity index (χ1v) is 5.05. The fourth-order valence-corrected chi connectivity index (χ4v) is 1.78. The molecule has 0 saturated heterocycles. The Kier molecular flexibility index (Phi) is 3.79. The van der Waals surface area contributed by atoms with Crippen LogP contribution in [0.1, 0.15) is 11.6 Å². The molecular weight excluding hydrogens is 303 g/mol. The van der Waals surface area contributed by atoms with Crippen LogP contribution in [-0.2, 0) is 0 Å². The zero-order chi connectivity index (χ0) is 10.8. The van der Waals surface area contributed by atoms with E-state index in [1.54, 1.807) is 18.2 Å². The van der Waals surface area contributed by atoms with E-state index in [1.165, 1.54) is 6.07 Å². The van der Waals surface area contributed by atoms with Crippen LogP contribution in [0.5, 0.6) is 0 Å². The number of rotatable bonds is 3. The van der Waals surface area contributed by atoms with Crippen molar-refractivity contribution in [3.63, 3.8) is 0 Å². The monoisotopic (exact) mass is 313 g/mol. The largest absolute Gasteiger partial charge is 0.390 e. The topological polar surface area (TPSA) is 46.2 Å². The Balaban J connectivity index is 3.00. The van der Waals surface area contributed by atoms with E-state index in [2.05, 4.69) is 0 Å². The van der Waals surface area contributed by atoms with Crippen molar-refractivity contribution < 1.29 is 13.9 Å². The van der Waals surface area contributed by atoms with E-state index in [1.807, 2.05) is 22.6 Å². The molecule has 14 heavy (non-hydrogen) atoms. The number of aliphatic hydroxyl groups excluding tert-OH is 1. The van der Waals surface area contributed by atoms with Gasteiger partial charge in [-0.15, -0.1) is 0 Å². The Hall–Kier alpha value is -0.270. The fourth-order valence-electron chi connectivity index (χ4n) is 1.05. The van der Waals surface area contributed by atoms with Crippen molar-refractivity contribution in [2.75, 3.05) is 6.61 Å². The predicted octanol–water partition coefficient (Wildman–Crippen LogP) is 1.92. The molecule has 1 rings (SSSR count). The Morgan fingerprint density at radius 3 is 2.50 bits per heavy atom. The third-order valence-electron chi connectivity index (χ3n) is 1.91. The van der Waals surface area contributed by atoms with Gasteiger partial charge < -0.3 is 10.8 Å². The van der Waals surface area contributed by atoms with E-state index < -0.39 is 18.6 Å². The number of hydrogen-bond donors (Lipinski definition) is 2. The molecule has 0 bridgehead atoms. The maximum atomic E-state index is 13.0. The summed E-state index contributed by atoms with van der Waals surface area (Å²) in [6.45, 7) is -1.24. The smallest absolute Gasteiger partial charge is 0.289 e. The molecule has 0 aliphatic rings. The summed E-state index contributed by atoms with van der Waals surface area (Å²) in [5.74, 6) is -3.28. The van der Waals surface area contributed by atoms with E-state index in [0.29, 0.717) is 9.13 Å². The molecule has 3 N–H and O–H groups in total. The molecule has 1 atom stereocenters. The zero-order valence-corrected chi connectivity index (χ0v) is 9.41. The van der Waals surface area contributed by atoms with Crippen LogP contribution in [-0.4, -0.2) is 17.6 Å². The summed E-state index contributed by atoms with van der Waals surface area (Å²) in [5.41, 5.74) is 5.72. The van der Waals surface area contributed by atoms with Crippen LogP contribution in [0.15, 0.2) is 24.3 Å². The van der Waals surface area contributed by atoms with Gasteiger partial charge in [0.25, 0.3) is 5.92 Å². The quantitative estimate of drug-likeness (QED) is 0.838. The fraction of sp³-hybridized carbons (Fsp3) is 0.333. The molecule has 0 aliphatic carbocycles. The molecule has 0 unspecified atom stereocenters. The lowest BCUT2D eigenvalue weighted by Crippen LogP contribution is -2.36. The van der Waals surface area contributed by atoms with Gasteiger partial charge in [0.15, 0.2) is 0 Å². The highest BCUT2D eigenvalue weighted by Gasteiger charge is 2.37. The van der Waals surface area contributed by atoms with Crippen LogP contribution in [0.4, 0.5) is 8.78 Å². The van der Waals surface area contributed by atoms with Crippen LogP contribution in [0.2, 0.25) is 0 Å². The summed E-state index contributed by atoms with van der Waals surface area (Å²) in [5, 5.41) is 8.48. The van der Waals surface area contributed by atoms with Gasteiger partial charge in [0.2, 0.25) is 0 Å². The van der Waals surface area contributed by atoms with Gasteiger partial charge in [-0.05, 0) is 34.2 Å². The molecule has 0 spiro atoms. The Morgan fingerprint density at radius 2 is 2.00 bits per heavy atom. The first-order chi connectivity index (χ1) is 6.49. The van der Waals surface area contributed by atoms with Gasteiger partial charge in [-0.25, -0.2) is 8.78 Å². The third-order valence-corrected chi connectivity index (χ3v) is 2.89. The molecular formula is C9H10F2INO. The minimum Gasteiger partial charge on any atom is -0.390 e. The van der Waals surface area contributed by atoms with Gasteiger partial charge in [-0.2, -0.15) is 0 Å². The van der Waals surface area contributed by atoms with E-state index in [9.17, 15) is 8.78 Å². The highest BCUT2D eigenvalue weighted by molar-refractivity contribution is 14.1. The van der Waals surface area contributed by atoms with Gasteiger partial charge in [0.05, 0.1) is 6.04 Å².